The summed E-state index contributed by atoms with van der Waals surface area (Å²) < 4.78 is 6.29. The smallest absolute Gasteiger partial charge is 0.143 e. The van der Waals surface area contributed by atoms with Gasteiger partial charge in [0.2, 0.25) is 0 Å². The Labute approximate surface area is 264 Å². The SMILES string of the molecule is C=C/C(=C\C=C/C1=CCC(C)(C2(c3ccccc3)c3ccccc3-c3ccccc32)C=C1)c1cccc2c1oc1ccccc12. The van der Waals surface area contributed by atoms with Crippen LogP contribution in [-0.4, -0.2) is 0 Å². The Morgan fingerprint density at radius 2 is 1.40 bits per heavy atom. The topological polar surface area (TPSA) is 13.1 Å². The molecule has 0 aliphatic heterocycles. The number of fused-ring (bicyclic) bond motifs is 6. The van der Waals surface area contributed by atoms with E-state index in [1.54, 1.807) is 0 Å². The van der Waals surface area contributed by atoms with E-state index in [2.05, 4.69) is 159 Å². The summed E-state index contributed by atoms with van der Waals surface area (Å²) in [6, 6.07) is 43.6. The van der Waals surface area contributed by atoms with Gasteiger partial charge in [-0.2, -0.15) is 0 Å². The Bertz CT molecular complexity index is 2170. The average molecular weight is 579 g/mol. The zero-order valence-corrected chi connectivity index (χ0v) is 25.4. The number of para-hydroxylation sites is 2. The van der Waals surface area contributed by atoms with E-state index in [0.29, 0.717) is 0 Å². The van der Waals surface area contributed by atoms with E-state index in [1.165, 1.54) is 33.4 Å². The quantitative estimate of drug-likeness (QED) is 0.179. The summed E-state index contributed by atoms with van der Waals surface area (Å²) in [5.74, 6) is 0. The second-order valence-corrected chi connectivity index (χ2v) is 12.3. The molecule has 1 aromatic heterocycles. The summed E-state index contributed by atoms with van der Waals surface area (Å²) in [6.45, 7) is 6.55. The van der Waals surface area contributed by atoms with Crippen LogP contribution >= 0.6 is 0 Å². The van der Waals surface area contributed by atoms with Gasteiger partial charge in [-0.25, -0.2) is 0 Å². The standard InChI is InChI=1S/C44H34O/c1-3-32(34-22-14-23-38-37-21-9-12-26-41(37)45-42(34)38)16-13-15-31-27-29-43(2,30-28-31)44(33-17-5-4-6-18-33)39-24-10-7-19-35(39)36-20-8-11-25-40(36)44/h3-29H,1,30H2,2H3/b15-13-,32-16+. The fraction of sp³-hybridized carbons (Fsp3) is 0.0909. The molecule has 0 saturated heterocycles. The van der Waals surface area contributed by atoms with E-state index in [1.807, 2.05) is 18.2 Å². The maximum Gasteiger partial charge on any atom is 0.143 e. The Balaban J connectivity index is 1.16. The van der Waals surface area contributed by atoms with E-state index in [4.69, 9.17) is 4.42 Å². The zero-order valence-electron chi connectivity index (χ0n) is 25.4. The molecule has 0 N–H and O–H groups in total. The summed E-state index contributed by atoms with van der Waals surface area (Å²) in [5, 5.41) is 2.26. The monoisotopic (exact) mass is 578 g/mol. The fourth-order valence-electron chi connectivity index (χ4n) is 7.83. The van der Waals surface area contributed by atoms with Crippen LogP contribution in [0.25, 0.3) is 38.6 Å². The van der Waals surface area contributed by atoms with Gasteiger partial charge >= 0.3 is 0 Å². The lowest BCUT2D eigenvalue weighted by molar-refractivity contribution is 0.292. The van der Waals surface area contributed by atoms with Crippen LogP contribution in [0, 0.1) is 5.41 Å². The minimum atomic E-state index is -0.301. The predicted molar refractivity (Wildman–Crippen MR) is 189 cm³/mol. The molecule has 216 valence electrons. The van der Waals surface area contributed by atoms with Crippen LogP contribution < -0.4 is 0 Å². The number of hydrogen-bond acceptors (Lipinski definition) is 1. The van der Waals surface area contributed by atoms with Gasteiger partial charge in [0.25, 0.3) is 0 Å². The molecule has 0 bridgehead atoms. The largest absolute Gasteiger partial charge is 0.455 e. The van der Waals surface area contributed by atoms with Crippen molar-refractivity contribution in [1.29, 1.82) is 0 Å². The molecule has 0 fully saturated rings. The number of rotatable bonds is 6. The van der Waals surface area contributed by atoms with Crippen LogP contribution in [0.4, 0.5) is 0 Å². The molecule has 0 spiro atoms. The first-order chi connectivity index (χ1) is 22.1. The predicted octanol–water partition coefficient (Wildman–Crippen LogP) is 11.6. The van der Waals surface area contributed by atoms with Crippen LogP contribution in [0.15, 0.2) is 180 Å². The van der Waals surface area contributed by atoms with Crippen molar-refractivity contribution < 1.29 is 4.42 Å². The molecule has 1 heterocycles. The number of allylic oxidation sites excluding steroid dienone is 9. The van der Waals surface area contributed by atoms with Crippen molar-refractivity contribution in [2.45, 2.75) is 18.8 Å². The maximum absolute atomic E-state index is 6.29. The van der Waals surface area contributed by atoms with Crippen molar-refractivity contribution in [3.05, 3.63) is 198 Å². The molecule has 1 nitrogen and oxygen atoms in total. The van der Waals surface area contributed by atoms with E-state index in [9.17, 15) is 0 Å². The summed E-state index contributed by atoms with van der Waals surface area (Å²) in [4.78, 5) is 0. The van der Waals surface area contributed by atoms with Gasteiger partial charge in [-0.15, -0.1) is 0 Å². The summed E-state index contributed by atoms with van der Waals surface area (Å²) >= 11 is 0. The average Bonchev–Trinajstić information content (AvgIpc) is 3.63. The molecule has 5 aromatic carbocycles. The van der Waals surface area contributed by atoms with Crippen molar-refractivity contribution >= 4 is 27.5 Å². The molecule has 0 radical (unpaired) electrons. The Kier molecular flexibility index (Phi) is 6.43. The van der Waals surface area contributed by atoms with Crippen LogP contribution in [-0.2, 0) is 5.41 Å². The molecule has 6 aromatic rings. The van der Waals surface area contributed by atoms with Crippen LogP contribution in [0.2, 0.25) is 0 Å². The van der Waals surface area contributed by atoms with Crippen LogP contribution in [0.5, 0.6) is 0 Å². The van der Waals surface area contributed by atoms with Gasteiger partial charge in [0.05, 0.1) is 5.41 Å². The van der Waals surface area contributed by atoms with E-state index in [-0.39, 0.29) is 10.8 Å². The van der Waals surface area contributed by atoms with Crippen LogP contribution in [0.1, 0.15) is 35.6 Å². The summed E-state index contributed by atoms with van der Waals surface area (Å²) in [7, 11) is 0. The second-order valence-electron chi connectivity index (χ2n) is 12.3. The fourth-order valence-corrected chi connectivity index (χ4v) is 7.83. The first-order valence-corrected chi connectivity index (χ1v) is 15.7. The van der Waals surface area contributed by atoms with Gasteiger partial charge in [-0.05, 0) is 51.5 Å². The lowest BCUT2D eigenvalue weighted by Crippen LogP contribution is -2.44. The van der Waals surface area contributed by atoms with Gasteiger partial charge in [0.1, 0.15) is 11.2 Å². The third-order valence-corrected chi connectivity index (χ3v) is 9.92. The molecular formula is C44H34O. The van der Waals surface area contributed by atoms with Crippen molar-refractivity contribution in [3.8, 4) is 11.1 Å². The lowest BCUT2D eigenvalue weighted by atomic mass is 9.54. The van der Waals surface area contributed by atoms with Gasteiger partial charge in [-0.3, -0.25) is 0 Å². The van der Waals surface area contributed by atoms with E-state index < -0.39 is 0 Å². The van der Waals surface area contributed by atoms with Gasteiger partial charge in [0, 0.05) is 21.8 Å². The summed E-state index contributed by atoms with van der Waals surface area (Å²) in [6.07, 6.45) is 16.4. The molecule has 45 heavy (non-hydrogen) atoms. The third-order valence-electron chi connectivity index (χ3n) is 9.92. The maximum atomic E-state index is 6.29. The number of hydrogen-bond donors (Lipinski definition) is 0. The normalized spacial score (nSPS) is 18.7. The highest BCUT2D eigenvalue weighted by Gasteiger charge is 2.55. The first kappa shape index (κ1) is 27.2. The molecule has 2 aliphatic rings. The summed E-state index contributed by atoms with van der Waals surface area (Å²) in [5.41, 5.74) is 11.4. The van der Waals surface area contributed by atoms with Crippen LogP contribution in [0.3, 0.4) is 0 Å². The van der Waals surface area contributed by atoms with E-state index in [0.717, 1.165) is 39.5 Å². The molecule has 0 saturated carbocycles. The van der Waals surface area contributed by atoms with Gasteiger partial charge in [-0.1, -0.05) is 171 Å². The Hall–Kier alpha value is -5.40. The Morgan fingerprint density at radius 1 is 0.733 bits per heavy atom. The van der Waals surface area contributed by atoms with Crippen molar-refractivity contribution in [2.75, 3.05) is 0 Å². The minimum absolute atomic E-state index is 0.173. The molecule has 1 unspecified atom stereocenters. The highest BCUT2D eigenvalue weighted by Crippen LogP contribution is 2.62. The molecule has 1 atom stereocenters. The molecule has 0 amide bonds. The lowest BCUT2D eigenvalue weighted by Gasteiger charge is -2.48. The number of furan rings is 1. The van der Waals surface area contributed by atoms with E-state index >= 15 is 0 Å². The molecule has 1 heteroatoms. The van der Waals surface area contributed by atoms with Crippen molar-refractivity contribution in [1.82, 2.24) is 0 Å². The third kappa shape index (κ3) is 4.08. The molecular weight excluding hydrogens is 544 g/mol. The van der Waals surface area contributed by atoms with Gasteiger partial charge in [0.15, 0.2) is 0 Å². The van der Waals surface area contributed by atoms with Gasteiger partial charge < -0.3 is 4.42 Å². The Morgan fingerprint density at radius 3 is 2.11 bits per heavy atom. The second kappa shape index (κ2) is 10.6. The first-order valence-electron chi connectivity index (χ1n) is 15.7. The number of benzene rings is 5. The highest BCUT2D eigenvalue weighted by atomic mass is 16.3. The minimum Gasteiger partial charge on any atom is -0.455 e. The highest BCUT2D eigenvalue weighted by molar-refractivity contribution is 6.08. The molecule has 8 rings (SSSR count). The van der Waals surface area contributed by atoms with Crippen molar-refractivity contribution in [3.63, 3.8) is 0 Å². The zero-order chi connectivity index (χ0) is 30.4. The molecule has 2 aliphatic carbocycles. The van der Waals surface area contributed by atoms with Crippen molar-refractivity contribution in [2.24, 2.45) is 5.41 Å².